The van der Waals surface area contributed by atoms with E-state index >= 15 is 0 Å². The van der Waals surface area contributed by atoms with Crippen molar-refractivity contribution in [3.05, 3.63) is 0 Å². The van der Waals surface area contributed by atoms with E-state index in [2.05, 4.69) is 31.0 Å². The minimum Gasteiger partial charge on any atom is -0.316 e. The molecule has 1 unspecified atom stereocenters. The van der Waals surface area contributed by atoms with Gasteiger partial charge in [-0.1, -0.05) is 33.6 Å². The predicted octanol–water partition coefficient (Wildman–Crippen LogP) is 2.74. The number of rotatable bonds is 8. The first-order valence-electron chi connectivity index (χ1n) is 7.19. The fourth-order valence-corrected chi connectivity index (χ4v) is 2.58. The van der Waals surface area contributed by atoms with Crippen molar-refractivity contribution < 1.29 is 0 Å². The van der Waals surface area contributed by atoms with Crippen molar-refractivity contribution in [2.75, 3.05) is 32.7 Å². The molecule has 0 spiro atoms. The first-order chi connectivity index (χ1) is 7.76. The van der Waals surface area contributed by atoms with Crippen LogP contribution < -0.4 is 5.32 Å². The molecule has 0 saturated carbocycles. The van der Waals surface area contributed by atoms with Gasteiger partial charge in [0.25, 0.3) is 0 Å². The van der Waals surface area contributed by atoms with Gasteiger partial charge in [-0.05, 0) is 50.9 Å². The van der Waals surface area contributed by atoms with Crippen molar-refractivity contribution in [1.82, 2.24) is 10.2 Å². The average Bonchev–Trinajstić information content (AvgIpc) is 2.77. The topological polar surface area (TPSA) is 15.3 Å². The first kappa shape index (κ1) is 14.0. The molecule has 1 fully saturated rings. The number of nitrogens with one attached hydrogen (secondary N) is 1. The van der Waals surface area contributed by atoms with Gasteiger partial charge in [0.2, 0.25) is 0 Å². The normalized spacial score (nSPS) is 19.5. The molecule has 1 N–H and O–H groups in total. The molecule has 2 nitrogen and oxygen atoms in total. The molecule has 1 atom stereocenters. The van der Waals surface area contributed by atoms with E-state index in [4.69, 9.17) is 0 Å². The molecule has 1 aliphatic rings. The van der Waals surface area contributed by atoms with Crippen LogP contribution in [0.25, 0.3) is 0 Å². The van der Waals surface area contributed by atoms with Crippen LogP contribution in [0.5, 0.6) is 0 Å². The van der Waals surface area contributed by atoms with Gasteiger partial charge in [-0.3, -0.25) is 0 Å². The maximum Gasteiger partial charge on any atom is 0.00191 e. The van der Waals surface area contributed by atoms with Gasteiger partial charge in [0.1, 0.15) is 0 Å². The van der Waals surface area contributed by atoms with Crippen LogP contribution in [0.4, 0.5) is 0 Å². The average molecular weight is 226 g/mol. The summed E-state index contributed by atoms with van der Waals surface area (Å²) in [6, 6.07) is 0. The highest BCUT2D eigenvalue weighted by molar-refractivity contribution is 4.70. The zero-order valence-electron chi connectivity index (χ0n) is 11.5. The third-order valence-corrected chi connectivity index (χ3v) is 3.85. The molecule has 0 radical (unpaired) electrons. The number of hydrogen-bond donors (Lipinski definition) is 1. The maximum absolute atomic E-state index is 3.63. The van der Waals surface area contributed by atoms with Crippen molar-refractivity contribution in [3.63, 3.8) is 0 Å². The van der Waals surface area contributed by atoms with Crippen molar-refractivity contribution in [3.8, 4) is 0 Å². The fraction of sp³-hybridized carbons (Fsp3) is 1.00. The Kier molecular flexibility index (Phi) is 7.06. The molecule has 0 aromatic carbocycles. The predicted molar refractivity (Wildman–Crippen MR) is 71.8 cm³/mol. The lowest BCUT2D eigenvalue weighted by molar-refractivity contribution is 0.279. The molecule has 0 aromatic rings. The molecule has 0 amide bonds. The minimum atomic E-state index is 0.799. The van der Waals surface area contributed by atoms with Crippen LogP contribution in [0.15, 0.2) is 0 Å². The Morgan fingerprint density at radius 2 is 1.69 bits per heavy atom. The highest BCUT2D eigenvalue weighted by Gasteiger charge is 2.14. The Bertz CT molecular complexity index is 160. The largest absolute Gasteiger partial charge is 0.316 e. The Labute approximate surface area is 102 Å². The SMILES string of the molecule is CCC(CC)CNCC(C)CN1CCCC1. The van der Waals surface area contributed by atoms with Crippen LogP contribution >= 0.6 is 0 Å². The van der Waals surface area contributed by atoms with Crippen molar-refractivity contribution >= 4 is 0 Å². The van der Waals surface area contributed by atoms with Gasteiger partial charge in [-0.15, -0.1) is 0 Å². The Morgan fingerprint density at radius 3 is 2.25 bits per heavy atom. The van der Waals surface area contributed by atoms with Gasteiger partial charge in [-0.25, -0.2) is 0 Å². The van der Waals surface area contributed by atoms with Crippen molar-refractivity contribution in [2.45, 2.75) is 46.5 Å². The smallest absolute Gasteiger partial charge is 0.00191 e. The molecular weight excluding hydrogens is 196 g/mol. The molecule has 96 valence electrons. The molecule has 1 saturated heterocycles. The summed E-state index contributed by atoms with van der Waals surface area (Å²) in [7, 11) is 0. The second-order valence-corrected chi connectivity index (χ2v) is 5.45. The zero-order chi connectivity index (χ0) is 11.8. The maximum atomic E-state index is 3.63. The summed E-state index contributed by atoms with van der Waals surface area (Å²) in [6.07, 6.45) is 5.44. The molecule has 0 aromatic heterocycles. The summed E-state index contributed by atoms with van der Waals surface area (Å²) < 4.78 is 0. The van der Waals surface area contributed by atoms with Crippen molar-refractivity contribution in [1.29, 1.82) is 0 Å². The lowest BCUT2D eigenvalue weighted by Gasteiger charge is -2.21. The lowest BCUT2D eigenvalue weighted by atomic mass is 10.0. The van der Waals surface area contributed by atoms with Gasteiger partial charge >= 0.3 is 0 Å². The monoisotopic (exact) mass is 226 g/mol. The van der Waals surface area contributed by atoms with E-state index in [9.17, 15) is 0 Å². The van der Waals surface area contributed by atoms with Crippen LogP contribution in [0.2, 0.25) is 0 Å². The Hall–Kier alpha value is -0.0800. The third-order valence-electron chi connectivity index (χ3n) is 3.85. The van der Waals surface area contributed by atoms with Gasteiger partial charge in [0, 0.05) is 6.54 Å². The molecule has 0 bridgehead atoms. The number of nitrogens with zero attached hydrogens (tertiary/aromatic N) is 1. The summed E-state index contributed by atoms with van der Waals surface area (Å²) >= 11 is 0. The zero-order valence-corrected chi connectivity index (χ0v) is 11.5. The van der Waals surface area contributed by atoms with Gasteiger partial charge < -0.3 is 10.2 Å². The van der Waals surface area contributed by atoms with Crippen molar-refractivity contribution in [2.24, 2.45) is 11.8 Å². The van der Waals surface area contributed by atoms with E-state index in [1.54, 1.807) is 0 Å². The van der Waals surface area contributed by atoms with E-state index in [1.165, 1.54) is 58.4 Å². The molecular formula is C14H30N2. The van der Waals surface area contributed by atoms with Crippen LogP contribution in [0, 0.1) is 11.8 Å². The minimum absolute atomic E-state index is 0.799. The highest BCUT2D eigenvalue weighted by Crippen LogP contribution is 2.10. The molecule has 0 aliphatic carbocycles. The van der Waals surface area contributed by atoms with Gasteiger partial charge in [-0.2, -0.15) is 0 Å². The summed E-state index contributed by atoms with van der Waals surface area (Å²) in [5.74, 6) is 1.67. The second-order valence-electron chi connectivity index (χ2n) is 5.45. The van der Waals surface area contributed by atoms with Crippen LogP contribution in [-0.4, -0.2) is 37.6 Å². The van der Waals surface area contributed by atoms with E-state index in [1.807, 2.05) is 0 Å². The summed E-state index contributed by atoms with van der Waals surface area (Å²) in [6.45, 7) is 13.3. The van der Waals surface area contributed by atoms with Gasteiger partial charge in [0.05, 0.1) is 0 Å². The standard InChI is InChI=1S/C14H30N2/c1-4-14(5-2)11-15-10-13(3)12-16-8-6-7-9-16/h13-15H,4-12H2,1-3H3. The first-order valence-corrected chi connectivity index (χ1v) is 7.19. The van der Waals surface area contributed by atoms with E-state index in [0.29, 0.717) is 0 Å². The second kappa shape index (κ2) is 8.08. The Balaban J connectivity index is 2.02. The van der Waals surface area contributed by atoms with Gasteiger partial charge in [0.15, 0.2) is 0 Å². The van der Waals surface area contributed by atoms with Crippen LogP contribution in [0.1, 0.15) is 46.5 Å². The van der Waals surface area contributed by atoms with E-state index < -0.39 is 0 Å². The van der Waals surface area contributed by atoms with Crippen LogP contribution in [0.3, 0.4) is 0 Å². The number of hydrogen-bond acceptors (Lipinski definition) is 2. The molecule has 16 heavy (non-hydrogen) atoms. The quantitative estimate of drug-likeness (QED) is 0.684. The third kappa shape index (κ3) is 5.31. The van der Waals surface area contributed by atoms with E-state index in [-0.39, 0.29) is 0 Å². The fourth-order valence-electron chi connectivity index (χ4n) is 2.58. The summed E-state index contributed by atoms with van der Waals surface area (Å²) in [5, 5.41) is 3.63. The molecule has 1 heterocycles. The summed E-state index contributed by atoms with van der Waals surface area (Å²) in [4.78, 5) is 2.61. The lowest BCUT2D eigenvalue weighted by Crippen LogP contribution is -2.33. The van der Waals surface area contributed by atoms with Crippen LogP contribution in [-0.2, 0) is 0 Å². The van der Waals surface area contributed by atoms with E-state index in [0.717, 1.165) is 11.8 Å². The Morgan fingerprint density at radius 1 is 1.06 bits per heavy atom. The highest BCUT2D eigenvalue weighted by atomic mass is 15.1. The molecule has 2 heteroatoms. The molecule has 1 rings (SSSR count). The number of likely N-dealkylation sites (tertiary alicyclic amines) is 1. The molecule has 1 aliphatic heterocycles. The summed E-state index contributed by atoms with van der Waals surface area (Å²) in [5.41, 5.74) is 0.